The van der Waals surface area contributed by atoms with Crippen LogP contribution in [0.15, 0.2) is 182 Å². The highest BCUT2D eigenvalue weighted by Gasteiger charge is 2.19. The maximum absolute atomic E-state index is 5.25. The van der Waals surface area contributed by atoms with Gasteiger partial charge in [0.1, 0.15) is 5.01 Å². The molecule has 2 nitrogen and oxygen atoms in total. The summed E-state index contributed by atoms with van der Waals surface area (Å²) >= 11 is 5.47. The van der Waals surface area contributed by atoms with Crippen LogP contribution in [0.1, 0.15) is 0 Å². The molecule has 3 heterocycles. The molecule has 0 radical (unpaired) electrons. The lowest BCUT2D eigenvalue weighted by Crippen LogP contribution is -2.09. The van der Waals surface area contributed by atoms with E-state index < -0.39 is 0 Å². The van der Waals surface area contributed by atoms with Crippen molar-refractivity contribution in [2.45, 2.75) is 0 Å². The smallest absolute Gasteiger partial charge is 0.124 e. The number of rotatable bonds is 6. The number of nitrogens with zero attached hydrogens (tertiary/aromatic N) is 2. The molecule has 0 amide bonds. The summed E-state index contributed by atoms with van der Waals surface area (Å²) in [4.78, 5) is 7.64. The Hall–Kier alpha value is -6.11. The highest BCUT2D eigenvalue weighted by molar-refractivity contribution is 7.27. The quantitative estimate of drug-likeness (QED) is 0.169. The average Bonchev–Trinajstić information content (AvgIpc) is 3.95. The maximum Gasteiger partial charge on any atom is 0.124 e. The predicted molar refractivity (Wildman–Crippen MR) is 236 cm³/mol. The van der Waals surface area contributed by atoms with Crippen molar-refractivity contribution in [3.63, 3.8) is 0 Å². The van der Waals surface area contributed by atoms with Crippen molar-refractivity contribution >= 4 is 102 Å². The third kappa shape index (κ3) is 5.24. The zero-order chi connectivity index (χ0) is 35.6. The van der Waals surface area contributed by atoms with Crippen LogP contribution in [0.4, 0.5) is 17.1 Å². The van der Waals surface area contributed by atoms with Crippen molar-refractivity contribution in [2.75, 3.05) is 4.90 Å². The van der Waals surface area contributed by atoms with Gasteiger partial charge in [-0.05, 0) is 89.0 Å². The summed E-state index contributed by atoms with van der Waals surface area (Å²) in [5.74, 6) is 0. The minimum absolute atomic E-state index is 1.06. The summed E-state index contributed by atoms with van der Waals surface area (Å²) in [6.45, 7) is 0. The molecule has 0 saturated carbocycles. The Bertz CT molecular complexity index is 3140. The van der Waals surface area contributed by atoms with Crippen molar-refractivity contribution in [1.29, 1.82) is 0 Å². The van der Waals surface area contributed by atoms with Crippen LogP contribution in [0.5, 0.6) is 0 Å². The number of hydrogen-bond acceptors (Lipinski definition) is 5. The maximum atomic E-state index is 5.25. The van der Waals surface area contributed by atoms with E-state index in [-0.39, 0.29) is 0 Å². The molecule has 0 atom stereocenters. The van der Waals surface area contributed by atoms with Gasteiger partial charge in [-0.1, -0.05) is 115 Å². The molecule has 3 aromatic heterocycles. The fourth-order valence-electron chi connectivity index (χ4n) is 7.77. The molecule has 0 saturated heterocycles. The molecule has 11 aromatic rings. The first-order valence-corrected chi connectivity index (χ1v) is 20.5. The second kappa shape index (κ2) is 12.8. The van der Waals surface area contributed by atoms with E-state index >= 15 is 0 Å². The Morgan fingerprint density at radius 3 is 1.67 bits per heavy atom. The first-order chi connectivity index (χ1) is 26.7. The molecule has 54 heavy (non-hydrogen) atoms. The number of thiophene rings is 2. The molecule has 0 aliphatic carbocycles. The molecule has 0 unspecified atom stereocenters. The minimum atomic E-state index is 1.06. The largest absolute Gasteiger partial charge is 0.310 e. The molecule has 5 heteroatoms. The second-order valence-electron chi connectivity index (χ2n) is 13.5. The van der Waals surface area contributed by atoms with Crippen molar-refractivity contribution < 1.29 is 0 Å². The van der Waals surface area contributed by atoms with Crippen molar-refractivity contribution in [3.05, 3.63) is 182 Å². The first kappa shape index (κ1) is 31.4. The Balaban J connectivity index is 1.07. The molecule has 8 aromatic carbocycles. The fourth-order valence-corrected chi connectivity index (χ4v) is 11.0. The van der Waals surface area contributed by atoms with Crippen molar-refractivity contribution in [3.8, 4) is 32.8 Å². The van der Waals surface area contributed by atoms with Crippen molar-refractivity contribution in [2.24, 2.45) is 0 Å². The Morgan fingerprint density at radius 1 is 0.352 bits per heavy atom. The van der Waals surface area contributed by atoms with E-state index in [1.807, 2.05) is 22.7 Å². The zero-order valence-corrected chi connectivity index (χ0v) is 31.4. The Kier molecular flexibility index (Phi) is 7.44. The molecular formula is C49H30N2S3. The van der Waals surface area contributed by atoms with Crippen LogP contribution in [-0.2, 0) is 0 Å². The van der Waals surface area contributed by atoms with Crippen LogP contribution in [0, 0.1) is 0 Å². The normalized spacial score (nSPS) is 11.7. The van der Waals surface area contributed by atoms with Crippen molar-refractivity contribution in [1.82, 2.24) is 4.98 Å². The van der Waals surface area contributed by atoms with E-state index in [9.17, 15) is 0 Å². The third-order valence-electron chi connectivity index (χ3n) is 10.3. The molecule has 0 spiro atoms. The first-order valence-electron chi connectivity index (χ1n) is 18.0. The van der Waals surface area contributed by atoms with Crippen LogP contribution in [0.3, 0.4) is 0 Å². The van der Waals surface area contributed by atoms with E-state index in [2.05, 4.69) is 187 Å². The molecule has 0 aliphatic heterocycles. The van der Waals surface area contributed by atoms with Gasteiger partial charge in [0.05, 0.1) is 10.2 Å². The number of hydrogen-bond donors (Lipinski definition) is 0. The summed E-state index contributed by atoms with van der Waals surface area (Å²) in [5.41, 5.74) is 10.5. The van der Waals surface area contributed by atoms with Crippen LogP contribution in [0.25, 0.3) is 83.4 Å². The molecule has 11 rings (SSSR count). The standard InChI is InChI=1S/C49H30N2S3/c1-3-10-31(11-4-1)32-18-22-35(23-19-32)51(36-24-20-33(21-25-36)38-15-9-17-43-46(38)39-14-7-8-16-41(39)52-43)37-26-27-42-40(30-37)47-44(53-42)28-29-45-48(47)50-49(54-45)34-12-5-2-6-13-34/h1-30H. The summed E-state index contributed by atoms with van der Waals surface area (Å²) in [7, 11) is 0. The molecule has 0 fully saturated rings. The van der Waals surface area contributed by atoms with E-state index in [4.69, 9.17) is 4.98 Å². The minimum Gasteiger partial charge on any atom is -0.310 e. The van der Waals surface area contributed by atoms with Gasteiger partial charge in [0.15, 0.2) is 0 Å². The second-order valence-corrected chi connectivity index (χ2v) is 16.7. The monoisotopic (exact) mass is 742 g/mol. The van der Waals surface area contributed by atoms with E-state index in [1.165, 1.54) is 67.3 Å². The molecule has 0 N–H and O–H groups in total. The van der Waals surface area contributed by atoms with E-state index in [0.29, 0.717) is 0 Å². The number of benzene rings is 8. The summed E-state index contributed by atoms with van der Waals surface area (Å²) in [5, 5.41) is 6.18. The van der Waals surface area contributed by atoms with Gasteiger partial charge in [0, 0.05) is 63.0 Å². The lowest BCUT2D eigenvalue weighted by molar-refractivity contribution is 1.29. The Morgan fingerprint density at radius 2 is 0.907 bits per heavy atom. The number of aromatic nitrogens is 1. The number of thiazole rings is 1. The van der Waals surface area contributed by atoms with Gasteiger partial charge in [-0.25, -0.2) is 4.98 Å². The van der Waals surface area contributed by atoms with Gasteiger partial charge in [-0.3, -0.25) is 0 Å². The van der Waals surface area contributed by atoms with Crippen LogP contribution in [0.2, 0.25) is 0 Å². The van der Waals surface area contributed by atoms with E-state index in [1.54, 1.807) is 11.3 Å². The summed E-state index contributed by atoms with van der Waals surface area (Å²) < 4.78 is 6.38. The van der Waals surface area contributed by atoms with Crippen LogP contribution in [-0.4, -0.2) is 4.98 Å². The van der Waals surface area contributed by atoms with Gasteiger partial charge in [-0.15, -0.1) is 34.0 Å². The van der Waals surface area contributed by atoms with E-state index in [0.717, 1.165) is 33.1 Å². The average molecular weight is 743 g/mol. The summed E-state index contributed by atoms with van der Waals surface area (Å²) in [6.07, 6.45) is 0. The number of anilines is 3. The SMILES string of the molecule is c1ccc(-c2ccc(N(c3ccc(-c4cccc5sc6ccccc6c45)cc3)c3ccc4sc5ccc6sc(-c7ccccc7)nc6c5c4c3)cc2)cc1. The molecule has 0 bridgehead atoms. The zero-order valence-electron chi connectivity index (χ0n) is 28.9. The highest BCUT2D eigenvalue weighted by Crippen LogP contribution is 2.45. The highest BCUT2D eigenvalue weighted by atomic mass is 32.1. The molecule has 0 aliphatic rings. The van der Waals surface area contributed by atoms with Crippen LogP contribution >= 0.6 is 34.0 Å². The number of fused-ring (bicyclic) bond motifs is 8. The fraction of sp³-hybridized carbons (Fsp3) is 0. The van der Waals surface area contributed by atoms with Crippen LogP contribution < -0.4 is 4.90 Å². The third-order valence-corrected chi connectivity index (χ3v) is 13.7. The molecule has 254 valence electrons. The van der Waals surface area contributed by atoms with Gasteiger partial charge in [0.25, 0.3) is 0 Å². The van der Waals surface area contributed by atoms with Gasteiger partial charge >= 0.3 is 0 Å². The van der Waals surface area contributed by atoms with Gasteiger partial charge in [0.2, 0.25) is 0 Å². The molecular weight excluding hydrogens is 713 g/mol. The summed E-state index contributed by atoms with van der Waals surface area (Å²) in [6, 6.07) is 66.0. The Labute approximate surface area is 324 Å². The van der Waals surface area contributed by atoms with Gasteiger partial charge < -0.3 is 4.90 Å². The lowest BCUT2D eigenvalue weighted by Gasteiger charge is -2.26. The lowest BCUT2D eigenvalue weighted by atomic mass is 9.99. The van der Waals surface area contributed by atoms with Gasteiger partial charge in [-0.2, -0.15) is 0 Å². The topological polar surface area (TPSA) is 16.1 Å². The predicted octanol–water partition coefficient (Wildman–Crippen LogP) is 15.5.